The minimum atomic E-state index is -0.214. The van der Waals surface area contributed by atoms with Crippen molar-refractivity contribution in [3.05, 3.63) is 35.7 Å². The molecule has 0 unspecified atom stereocenters. The summed E-state index contributed by atoms with van der Waals surface area (Å²) in [5.74, 6) is 0.436. The highest BCUT2D eigenvalue weighted by molar-refractivity contribution is 5.51. The van der Waals surface area contributed by atoms with E-state index in [9.17, 15) is 4.39 Å². The van der Waals surface area contributed by atoms with E-state index >= 15 is 0 Å². The molecule has 0 bridgehead atoms. The summed E-state index contributed by atoms with van der Waals surface area (Å²) in [6.45, 7) is 1.88. The van der Waals surface area contributed by atoms with Gasteiger partial charge in [-0.25, -0.2) is 4.39 Å². The van der Waals surface area contributed by atoms with Crippen LogP contribution < -0.4 is 4.74 Å². The van der Waals surface area contributed by atoms with Gasteiger partial charge in [-0.3, -0.25) is 0 Å². The lowest BCUT2D eigenvalue weighted by Crippen LogP contribution is -2.10. The van der Waals surface area contributed by atoms with Crippen LogP contribution in [-0.2, 0) is 0 Å². The van der Waals surface area contributed by atoms with E-state index in [1.54, 1.807) is 12.1 Å². The molecular weight excluding hydrogens is 203 g/mol. The summed E-state index contributed by atoms with van der Waals surface area (Å²) in [5, 5.41) is 0. The second-order valence-electron chi connectivity index (χ2n) is 4.21. The lowest BCUT2D eigenvalue weighted by Gasteiger charge is -2.13. The van der Waals surface area contributed by atoms with E-state index in [-0.39, 0.29) is 11.9 Å². The van der Waals surface area contributed by atoms with E-state index in [0.29, 0.717) is 11.3 Å². The summed E-state index contributed by atoms with van der Waals surface area (Å²) in [5.41, 5.74) is 0.612. The van der Waals surface area contributed by atoms with E-state index in [0.717, 1.165) is 12.8 Å². The highest BCUT2D eigenvalue weighted by atomic mass is 19.1. The molecule has 1 aliphatic carbocycles. The molecule has 1 aliphatic rings. The average molecular weight is 220 g/mol. The topological polar surface area (TPSA) is 9.23 Å². The Bertz CT molecular complexity index is 378. The van der Waals surface area contributed by atoms with Gasteiger partial charge in [0.1, 0.15) is 11.6 Å². The molecule has 0 heterocycles. The molecule has 1 fully saturated rings. The van der Waals surface area contributed by atoms with Gasteiger partial charge in [0, 0.05) is 11.6 Å². The van der Waals surface area contributed by atoms with Gasteiger partial charge in [-0.15, -0.1) is 0 Å². The Labute approximate surface area is 95.9 Å². The number of rotatable bonds is 3. The maximum Gasteiger partial charge on any atom is 0.134 e. The summed E-state index contributed by atoms with van der Waals surface area (Å²) in [4.78, 5) is 0. The number of allylic oxidation sites excluding steroid dienone is 1. The van der Waals surface area contributed by atoms with Crippen molar-refractivity contribution in [2.75, 3.05) is 0 Å². The first-order chi connectivity index (χ1) is 7.79. The molecule has 0 atom stereocenters. The number of hydrogen-bond donors (Lipinski definition) is 0. The second kappa shape index (κ2) is 5.15. The molecule has 16 heavy (non-hydrogen) atoms. The predicted molar refractivity (Wildman–Crippen MR) is 64.0 cm³/mol. The average Bonchev–Trinajstić information content (AvgIpc) is 2.75. The highest BCUT2D eigenvalue weighted by Crippen LogP contribution is 2.25. The smallest absolute Gasteiger partial charge is 0.134 e. The summed E-state index contributed by atoms with van der Waals surface area (Å²) in [6.07, 6.45) is 8.52. The number of ether oxygens (including phenoxy) is 1. The fourth-order valence-corrected chi connectivity index (χ4v) is 2.09. The predicted octanol–water partition coefficient (Wildman–Crippen LogP) is 4.18. The third-order valence-corrected chi connectivity index (χ3v) is 2.92. The number of benzene rings is 1. The molecular formula is C14H17FO. The van der Waals surface area contributed by atoms with Crippen LogP contribution in [0.1, 0.15) is 38.2 Å². The van der Waals surface area contributed by atoms with Crippen molar-refractivity contribution in [1.29, 1.82) is 0 Å². The second-order valence-corrected chi connectivity index (χ2v) is 4.21. The third-order valence-electron chi connectivity index (χ3n) is 2.92. The zero-order valence-corrected chi connectivity index (χ0v) is 9.58. The fraction of sp³-hybridized carbons (Fsp3) is 0.429. The SMILES string of the molecule is C/C=C/c1ccc(OC2CCCC2)cc1F. The molecule has 0 aliphatic heterocycles. The van der Waals surface area contributed by atoms with Gasteiger partial charge >= 0.3 is 0 Å². The first-order valence-electron chi connectivity index (χ1n) is 5.88. The minimum Gasteiger partial charge on any atom is -0.490 e. The molecule has 1 nitrogen and oxygen atoms in total. The molecule has 0 aromatic heterocycles. The van der Waals surface area contributed by atoms with Crippen molar-refractivity contribution in [2.45, 2.75) is 38.7 Å². The van der Waals surface area contributed by atoms with Gasteiger partial charge < -0.3 is 4.74 Å². The Balaban J connectivity index is 2.07. The molecule has 0 N–H and O–H groups in total. The van der Waals surface area contributed by atoms with Crippen LogP contribution in [0.4, 0.5) is 4.39 Å². The molecule has 86 valence electrons. The summed E-state index contributed by atoms with van der Waals surface area (Å²) < 4.78 is 19.3. The van der Waals surface area contributed by atoms with Crippen LogP contribution in [0.2, 0.25) is 0 Å². The zero-order chi connectivity index (χ0) is 11.4. The van der Waals surface area contributed by atoms with Gasteiger partial charge in [0.15, 0.2) is 0 Å². The molecule has 0 spiro atoms. The summed E-state index contributed by atoms with van der Waals surface area (Å²) >= 11 is 0. The number of halogens is 1. The van der Waals surface area contributed by atoms with Crippen LogP contribution in [0.3, 0.4) is 0 Å². The summed E-state index contributed by atoms with van der Waals surface area (Å²) in [6, 6.07) is 5.09. The molecule has 0 radical (unpaired) electrons. The van der Waals surface area contributed by atoms with Crippen molar-refractivity contribution in [1.82, 2.24) is 0 Å². The maximum absolute atomic E-state index is 13.6. The van der Waals surface area contributed by atoms with E-state index in [1.807, 2.05) is 19.1 Å². The molecule has 0 saturated heterocycles. The minimum absolute atomic E-state index is 0.214. The first-order valence-corrected chi connectivity index (χ1v) is 5.88. The largest absolute Gasteiger partial charge is 0.490 e. The van der Waals surface area contributed by atoms with Crippen molar-refractivity contribution in [3.63, 3.8) is 0 Å². The molecule has 1 aromatic carbocycles. The Morgan fingerprint density at radius 1 is 1.31 bits per heavy atom. The van der Waals surface area contributed by atoms with Gasteiger partial charge in [0.05, 0.1) is 6.10 Å². The van der Waals surface area contributed by atoms with Crippen molar-refractivity contribution >= 4 is 6.08 Å². The molecule has 2 rings (SSSR count). The van der Waals surface area contributed by atoms with Gasteiger partial charge in [-0.05, 0) is 44.7 Å². The van der Waals surface area contributed by atoms with Gasteiger partial charge in [0.2, 0.25) is 0 Å². The molecule has 0 amide bonds. The van der Waals surface area contributed by atoms with E-state index in [1.165, 1.54) is 18.9 Å². The van der Waals surface area contributed by atoms with Gasteiger partial charge in [-0.2, -0.15) is 0 Å². The Morgan fingerprint density at radius 2 is 2.06 bits per heavy atom. The van der Waals surface area contributed by atoms with Crippen LogP contribution in [0.25, 0.3) is 6.08 Å². The van der Waals surface area contributed by atoms with Crippen LogP contribution in [0, 0.1) is 5.82 Å². The Hall–Kier alpha value is -1.31. The van der Waals surface area contributed by atoms with E-state index in [4.69, 9.17) is 4.74 Å². The quantitative estimate of drug-likeness (QED) is 0.742. The van der Waals surface area contributed by atoms with Crippen LogP contribution in [-0.4, -0.2) is 6.10 Å². The number of hydrogen-bond acceptors (Lipinski definition) is 1. The Morgan fingerprint density at radius 3 is 2.69 bits per heavy atom. The standard InChI is InChI=1S/C14H17FO/c1-2-5-11-8-9-13(10-14(11)15)16-12-6-3-4-7-12/h2,5,8-10,12H,3-4,6-7H2,1H3/b5-2+. The maximum atomic E-state index is 13.6. The lowest BCUT2D eigenvalue weighted by atomic mass is 10.2. The summed E-state index contributed by atoms with van der Waals surface area (Å²) in [7, 11) is 0. The van der Waals surface area contributed by atoms with Crippen molar-refractivity contribution in [2.24, 2.45) is 0 Å². The van der Waals surface area contributed by atoms with Crippen molar-refractivity contribution < 1.29 is 9.13 Å². The monoisotopic (exact) mass is 220 g/mol. The van der Waals surface area contributed by atoms with Crippen LogP contribution >= 0.6 is 0 Å². The third kappa shape index (κ3) is 2.63. The fourth-order valence-electron chi connectivity index (χ4n) is 2.09. The van der Waals surface area contributed by atoms with Gasteiger partial charge in [-0.1, -0.05) is 12.2 Å². The normalized spacial score (nSPS) is 17.1. The van der Waals surface area contributed by atoms with Crippen LogP contribution in [0.15, 0.2) is 24.3 Å². The van der Waals surface area contributed by atoms with Crippen molar-refractivity contribution in [3.8, 4) is 5.75 Å². The van der Waals surface area contributed by atoms with Crippen LogP contribution in [0.5, 0.6) is 5.75 Å². The van der Waals surface area contributed by atoms with Gasteiger partial charge in [0.25, 0.3) is 0 Å². The van der Waals surface area contributed by atoms with E-state index in [2.05, 4.69) is 0 Å². The molecule has 1 aromatic rings. The first kappa shape index (κ1) is 11.2. The molecule has 1 saturated carbocycles. The Kier molecular flexibility index (Phi) is 3.60. The molecule has 2 heteroatoms. The van der Waals surface area contributed by atoms with E-state index < -0.39 is 0 Å². The highest BCUT2D eigenvalue weighted by Gasteiger charge is 2.16. The zero-order valence-electron chi connectivity index (χ0n) is 9.58. The lowest BCUT2D eigenvalue weighted by molar-refractivity contribution is 0.209.